The first-order valence-corrected chi connectivity index (χ1v) is 7.76. The minimum Gasteiger partial charge on any atom is -0.354 e. The van der Waals surface area contributed by atoms with Crippen molar-refractivity contribution in [2.24, 2.45) is 23.0 Å². The molecule has 2 aliphatic rings. The molecule has 0 aromatic carbocycles. The van der Waals surface area contributed by atoms with E-state index in [2.05, 4.69) is 24.5 Å². The average molecular weight is 267 g/mol. The van der Waals surface area contributed by atoms with Gasteiger partial charge in [-0.15, -0.1) is 0 Å². The van der Waals surface area contributed by atoms with Gasteiger partial charge in [0.05, 0.1) is 0 Å². The number of rotatable bonds is 4. The molecule has 1 heterocycles. The smallest absolute Gasteiger partial charge is 0.223 e. The summed E-state index contributed by atoms with van der Waals surface area (Å²) in [5.41, 5.74) is 6.02. The Balaban J connectivity index is 1.83. The van der Waals surface area contributed by atoms with Gasteiger partial charge in [-0.3, -0.25) is 4.79 Å². The largest absolute Gasteiger partial charge is 0.354 e. The van der Waals surface area contributed by atoms with Crippen LogP contribution in [0.1, 0.15) is 46.0 Å². The van der Waals surface area contributed by atoms with E-state index < -0.39 is 0 Å². The number of hydrogen-bond donors (Lipinski definition) is 3. The molecule has 1 aliphatic heterocycles. The summed E-state index contributed by atoms with van der Waals surface area (Å²) in [5, 5.41) is 6.70. The normalized spacial score (nSPS) is 34.2. The van der Waals surface area contributed by atoms with Crippen molar-refractivity contribution in [3.8, 4) is 0 Å². The highest BCUT2D eigenvalue weighted by Gasteiger charge is 2.35. The molecule has 0 aromatic rings. The molecular weight excluding hydrogens is 238 g/mol. The van der Waals surface area contributed by atoms with Crippen LogP contribution >= 0.6 is 0 Å². The van der Waals surface area contributed by atoms with Crippen molar-refractivity contribution < 1.29 is 4.79 Å². The van der Waals surface area contributed by atoms with Crippen LogP contribution in [0.3, 0.4) is 0 Å². The van der Waals surface area contributed by atoms with Gasteiger partial charge in [-0.25, -0.2) is 0 Å². The SMILES string of the molecule is CC1(C)CCCNC1CNC(=O)[C@@H]1CCC[C@@H]1CN. The van der Waals surface area contributed by atoms with Crippen molar-refractivity contribution >= 4 is 5.91 Å². The van der Waals surface area contributed by atoms with E-state index in [9.17, 15) is 4.79 Å². The standard InChI is InChI=1S/C15H29N3O/c1-15(2)7-4-8-17-13(15)10-18-14(19)12-6-3-5-11(12)9-16/h11-13,17H,3-10,16H2,1-2H3,(H,18,19)/t11-,12-,13?/m1/s1. The van der Waals surface area contributed by atoms with Gasteiger partial charge in [0.2, 0.25) is 5.91 Å². The fourth-order valence-corrected chi connectivity index (χ4v) is 3.62. The molecule has 4 nitrogen and oxygen atoms in total. The van der Waals surface area contributed by atoms with Gasteiger partial charge in [0, 0.05) is 18.5 Å². The van der Waals surface area contributed by atoms with Gasteiger partial charge in [-0.05, 0) is 50.1 Å². The van der Waals surface area contributed by atoms with Crippen LogP contribution < -0.4 is 16.4 Å². The zero-order valence-corrected chi connectivity index (χ0v) is 12.4. The highest BCUT2D eigenvalue weighted by Crippen LogP contribution is 2.32. The lowest BCUT2D eigenvalue weighted by molar-refractivity contribution is -0.126. The molecular formula is C15H29N3O. The summed E-state index contributed by atoms with van der Waals surface area (Å²) in [7, 11) is 0. The second-order valence-electron chi connectivity index (χ2n) is 6.88. The highest BCUT2D eigenvalue weighted by atomic mass is 16.1. The van der Waals surface area contributed by atoms with Crippen LogP contribution in [0.15, 0.2) is 0 Å². The fraction of sp³-hybridized carbons (Fsp3) is 0.933. The molecule has 1 saturated carbocycles. The Morgan fingerprint density at radius 1 is 1.37 bits per heavy atom. The van der Waals surface area contributed by atoms with Gasteiger partial charge in [-0.1, -0.05) is 20.3 Å². The molecule has 1 aliphatic carbocycles. The van der Waals surface area contributed by atoms with Gasteiger partial charge in [0.15, 0.2) is 0 Å². The maximum Gasteiger partial charge on any atom is 0.223 e. The molecule has 0 spiro atoms. The Morgan fingerprint density at radius 3 is 2.84 bits per heavy atom. The zero-order valence-electron chi connectivity index (χ0n) is 12.4. The van der Waals surface area contributed by atoms with E-state index in [0.717, 1.165) is 32.4 Å². The van der Waals surface area contributed by atoms with Crippen LogP contribution in [-0.4, -0.2) is 31.6 Å². The lowest BCUT2D eigenvalue weighted by Crippen LogP contribution is -2.53. The molecule has 2 fully saturated rings. The predicted octanol–water partition coefficient (Wildman–Crippen LogP) is 1.26. The maximum absolute atomic E-state index is 12.3. The lowest BCUT2D eigenvalue weighted by Gasteiger charge is -2.39. The minimum atomic E-state index is 0.150. The Hall–Kier alpha value is -0.610. The third kappa shape index (κ3) is 3.48. The second kappa shape index (κ2) is 6.23. The molecule has 4 heteroatoms. The predicted molar refractivity (Wildman–Crippen MR) is 77.7 cm³/mol. The van der Waals surface area contributed by atoms with E-state index in [1.807, 2.05) is 0 Å². The maximum atomic E-state index is 12.3. The zero-order chi connectivity index (χ0) is 13.9. The molecule has 19 heavy (non-hydrogen) atoms. The van der Waals surface area contributed by atoms with Crippen molar-refractivity contribution in [2.45, 2.75) is 52.0 Å². The Morgan fingerprint density at radius 2 is 2.16 bits per heavy atom. The van der Waals surface area contributed by atoms with Gasteiger partial charge >= 0.3 is 0 Å². The third-order valence-electron chi connectivity index (χ3n) is 5.11. The minimum absolute atomic E-state index is 0.150. The molecule has 110 valence electrons. The van der Waals surface area contributed by atoms with Gasteiger partial charge in [0.25, 0.3) is 0 Å². The summed E-state index contributed by atoms with van der Waals surface area (Å²) >= 11 is 0. The molecule has 1 saturated heterocycles. The number of carbonyl (C=O) groups excluding carboxylic acids is 1. The van der Waals surface area contributed by atoms with Crippen LogP contribution in [0.5, 0.6) is 0 Å². The molecule has 4 N–H and O–H groups in total. The van der Waals surface area contributed by atoms with E-state index in [4.69, 9.17) is 5.73 Å². The quantitative estimate of drug-likeness (QED) is 0.718. The number of nitrogens with two attached hydrogens (primary N) is 1. The van der Waals surface area contributed by atoms with E-state index in [1.54, 1.807) is 0 Å². The molecule has 0 bridgehead atoms. The average Bonchev–Trinajstić information content (AvgIpc) is 2.85. The van der Waals surface area contributed by atoms with Crippen LogP contribution in [-0.2, 0) is 4.79 Å². The van der Waals surface area contributed by atoms with Crippen LogP contribution in [0.2, 0.25) is 0 Å². The summed E-state index contributed by atoms with van der Waals surface area (Å²) in [6.45, 7) is 7.03. The topological polar surface area (TPSA) is 67.1 Å². The van der Waals surface area contributed by atoms with Crippen molar-refractivity contribution in [1.82, 2.24) is 10.6 Å². The van der Waals surface area contributed by atoms with Gasteiger partial charge in [0.1, 0.15) is 0 Å². The number of carbonyl (C=O) groups is 1. The van der Waals surface area contributed by atoms with Gasteiger partial charge in [-0.2, -0.15) is 0 Å². The highest BCUT2D eigenvalue weighted by molar-refractivity contribution is 5.79. The lowest BCUT2D eigenvalue weighted by atomic mass is 9.77. The van der Waals surface area contributed by atoms with Crippen molar-refractivity contribution in [2.75, 3.05) is 19.6 Å². The molecule has 3 atom stereocenters. The van der Waals surface area contributed by atoms with Crippen molar-refractivity contribution in [3.63, 3.8) is 0 Å². The van der Waals surface area contributed by atoms with Crippen LogP contribution in [0.25, 0.3) is 0 Å². The van der Waals surface area contributed by atoms with Crippen LogP contribution in [0, 0.1) is 17.3 Å². The Kier molecular flexibility index (Phi) is 4.85. The first-order valence-electron chi connectivity index (χ1n) is 7.76. The van der Waals surface area contributed by atoms with E-state index in [1.165, 1.54) is 12.8 Å². The number of hydrogen-bond acceptors (Lipinski definition) is 3. The fourth-order valence-electron chi connectivity index (χ4n) is 3.62. The molecule has 0 radical (unpaired) electrons. The molecule has 0 aromatic heterocycles. The second-order valence-corrected chi connectivity index (χ2v) is 6.88. The first-order chi connectivity index (χ1) is 9.04. The van der Waals surface area contributed by atoms with E-state index in [0.29, 0.717) is 18.5 Å². The Labute approximate surface area is 116 Å². The molecule has 1 amide bonds. The summed E-state index contributed by atoms with van der Waals surface area (Å²) in [4.78, 5) is 12.3. The van der Waals surface area contributed by atoms with E-state index >= 15 is 0 Å². The third-order valence-corrected chi connectivity index (χ3v) is 5.11. The number of piperidine rings is 1. The first kappa shape index (κ1) is 14.8. The van der Waals surface area contributed by atoms with E-state index in [-0.39, 0.29) is 17.2 Å². The number of nitrogens with one attached hydrogen (secondary N) is 2. The Bertz CT molecular complexity index is 317. The van der Waals surface area contributed by atoms with Crippen molar-refractivity contribution in [1.29, 1.82) is 0 Å². The number of amides is 1. The summed E-state index contributed by atoms with van der Waals surface area (Å²) in [6, 6.07) is 0.392. The summed E-state index contributed by atoms with van der Waals surface area (Å²) in [5.74, 6) is 0.764. The monoisotopic (exact) mass is 267 g/mol. The van der Waals surface area contributed by atoms with Crippen molar-refractivity contribution in [3.05, 3.63) is 0 Å². The molecule has 2 rings (SSSR count). The van der Waals surface area contributed by atoms with Crippen LogP contribution in [0.4, 0.5) is 0 Å². The summed E-state index contributed by atoms with van der Waals surface area (Å²) < 4.78 is 0. The molecule has 1 unspecified atom stereocenters. The van der Waals surface area contributed by atoms with Gasteiger partial charge < -0.3 is 16.4 Å². The summed E-state index contributed by atoms with van der Waals surface area (Å²) in [6.07, 6.45) is 5.73.